The molecule has 0 spiro atoms. The van der Waals surface area contributed by atoms with Crippen LogP contribution in [0.25, 0.3) is 11.1 Å². The first-order chi connectivity index (χ1) is 10.6. The van der Waals surface area contributed by atoms with Gasteiger partial charge in [0.1, 0.15) is 0 Å². The van der Waals surface area contributed by atoms with Crippen LogP contribution in [-0.2, 0) is 0 Å². The Balaban J connectivity index is 1.88. The van der Waals surface area contributed by atoms with Crippen LogP contribution in [0.1, 0.15) is 42.7 Å². The Bertz CT molecular complexity index is 627. The zero-order valence-corrected chi connectivity index (χ0v) is 18.3. The van der Waals surface area contributed by atoms with Gasteiger partial charge in [-0.1, -0.05) is 88.7 Å². The van der Waals surface area contributed by atoms with Gasteiger partial charge in [0.2, 0.25) is 0 Å². The SMILES string of the molecule is Brc1ccc2c(c1)C(CCCCC(Br)Br)c1cc(Br)ccc1-2. The lowest BCUT2D eigenvalue weighted by Crippen LogP contribution is -1.98. The molecule has 0 unspecified atom stereocenters. The second-order valence-corrected chi connectivity index (χ2v) is 11.0. The number of unbranched alkanes of at least 4 members (excludes halogenated alkanes) is 1. The second kappa shape index (κ2) is 7.50. The van der Waals surface area contributed by atoms with Gasteiger partial charge in [-0.05, 0) is 59.4 Å². The van der Waals surface area contributed by atoms with Gasteiger partial charge in [-0.2, -0.15) is 0 Å². The van der Waals surface area contributed by atoms with E-state index in [0.717, 1.165) is 0 Å². The minimum atomic E-state index is 0.437. The molecule has 0 bridgehead atoms. The summed E-state index contributed by atoms with van der Waals surface area (Å²) in [5.74, 6) is 0.518. The highest BCUT2D eigenvalue weighted by molar-refractivity contribution is 9.24. The number of halogens is 4. The molecule has 1 aliphatic carbocycles. The van der Waals surface area contributed by atoms with Gasteiger partial charge in [0.25, 0.3) is 0 Å². The minimum Gasteiger partial charge on any atom is -0.0765 e. The fraction of sp³-hybridized carbons (Fsp3) is 0.333. The largest absolute Gasteiger partial charge is 0.0765 e. The third-order valence-corrected chi connectivity index (χ3v) is 6.14. The maximum absolute atomic E-state index is 3.63. The lowest BCUT2D eigenvalue weighted by atomic mass is 9.91. The summed E-state index contributed by atoms with van der Waals surface area (Å²) in [6.07, 6.45) is 4.86. The lowest BCUT2D eigenvalue weighted by molar-refractivity contribution is 0.624. The average molecular weight is 552 g/mol. The van der Waals surface area contributed by atoms with Gasteiger partial charge in [0.05, 0.1) is 3.74 Å². The highest BCUT2D eigenvalue weighted by Gasteiger charge is 2.28. The monoisotopic (exact) mass is 548 g/mol. The van der Waals surface area contributed by atoms with Crippen LogP contribution in [-0.4, -0.2) is 3.74 Å². The molecule has 0 aromatic heterocycles. The molecule has 2 aromatic carbocycles. The standard InChI is InChI=1S/C18H16Br4/c19-11-5-7-14-15-8-6-12(20)10-17(15)13(16(14)9-11)3-1-2-4-18(21)22/h5-10,13,18H,1-4H2. The molecule has 22 heavy (non-hydrogen) atoms. The Kier molecular flexibility index (Phi) is 5.86. The summed E-state index contributed by atoms with van der Waals surface area (Å²) >= 11 is 14.4. The highest BCUT2D eigenvalue weighted by atomic mass is 79.9. The highest BCUT2D eigenvalue weighted by Crippen LogP contribution is 2.48. The maximum atomic E-state index is 3.63. The molecule has 0 saturated carbocycles. The molecule has 0 N–H and O–H groups in total. The van der Waals surface area contributed by atoms with Crippen LogP contribution in [0.3, 0.4) is 0 Å². The smallest absolute Gasteiger partial charge is 0.0697 e. The molecule has 0 nitrogen and oxygen atoms in total. The predicted octanol–water partition coefficient (Wildman–Crippen LogP) is 8.00. The summed E-state index contributed by atoms with van der Waals surface area (Å²) in [6, 6.07) is 13.4. The molecule has 0 aliphatic heterocycles. The first-order valence-corrected chi connectivity index (χ1v) is 10.9. The van der Waals surface area contributed by atoms with Crippen molar-refractivity contribution in [2.24, 2.45) is 0 Å². The molecule has 2 aromatic rings. The van der Waals surface area contributed by atoms with Gasteiger partial charge in [0, 0.05) is 14.9 Å². The van der Waals surface area contributed by atoms with Crippen LogP contribution in [0, 0.1) is 0 Å². The Hall–Kier alpha value is 0.360. The van der Waals surface area contributed by atoms with Gasteiger partial charge >= 0.3 is 0 Å². The summed E-state index contributed by atoms with van der Waals surface area (Å²) in [7, 11) is 0. The summed E-state index contributed by atoms with van der Waals surface area (Å²) in [5.41, 5.74) is 5.73. The Morgan fingerprint density at radius 2 is 1.36 bits per heavy atom. The van der Waals surface area contributed by atoms with E-state index in [9.17, 15) is 0 Å². The van der Waals surface area contributed by atoms with Crippen molar-refractivity contribution in [3.05, 3.63) is 56.5 Å². The van der Waals surface area contributed by atoms with Crippen molar-refractivity contribution in [3.63, 3.8) is 0 Å². The molecule has 3 rings (SSSR count). The van der Waals surface area contributed by atoms with Crippen molar-refractivity contribution in [2.75, 3.05) is 0 Å². The van der Waals surface area contributed by atoms with E-state index in [2.05, 4.69) is 100 Å². The van der Waals surface area contributed by atoms with Crippen LogP contribution in [0.15, 0.2) is 45.3 Å². The molecular formula is C18H16Br4. The van der Waals surface area contributed by atoms with Crippen molar-refractivity contribution < 1.29 is 0 Å². The van der Waals surface area contributed by atoms with Gasteiger partial charge < -0.3 is 0 Å². The van der Waals surface area contributed by atoms with Crippen molar-refractivity contribution in [1.29, 1.82) is 0 Å². The molecule has 0 atom stereocenters. The average Bonchev–Trinajstić information content (AvgIpc) is 2.76. The van der Waals surface area contributed by atoms with Gasteiger partial charge in [-0.25, -0.2) is 0 Å². The van der Waals surface area contributed by atoms with Crippen molar-refractivity contribution in [3.8, 4) is 11.1 Å². The van der Waals surface area contributed by atoms with Gasteiger partial charge in [0.15, 0.2) is 0 Å². The molecule has 0 saturated heterocycles. The minimum absolute atomic E-state index is 0.437. The van der Waals surface area contributed by atoms with E-state index in [0.29, 0.717) is 9.65 Å². The van der Waals surface area contributed by atoms with Crippen LogP contribution >= 0.6 is 63.7 Å². The second-order valence-electron chi connectivity index (χ2n) is 5.69. The van der Waals surface area contributed by atoms with E-state index in [4.69, 9.17) is 0 Å². The number of hydrogen-bond acceptors (Lipinski definition) is 0. The zero-order valence-electron chi connectivity index (χ0n) is 12.0. The number of hydrogen-bond donors (Lipinski definition) is 0. The van der Waals surface area contributed by atoms with E-state index in [-0.39, 0.29) is 0 Å². The Labute approximate surface area is 165 Å². The normalized spacial score (nSPS) is 13.5. The van der Waals surface area contributed by atoms with Crippen molar-refractivity contribution in [2.45, 2.75) is 35.3 Å². The Morgan fingerprint density at radius 1 is 0.818 bits per heavy atom. The van der Waals surface area contributed by atoms with Crippen LogP contribution < -0.4 is 0 Å². The Morgan fingerprint density at radius 3 is 1.86 bits per heavy atom. The molecule has 0 fully saturated rings. The van der Waals surface area contributed by atoms with Crippen LogP contribution in [0.4, 0.5) is 0 Å². The van der Waals surface area contributed by atoms with Crippen LogP contribution in [0.2, 0.25) is 0 Å². The summed E-state index contributed by atoms with van der Waals surface area (Å²) in [4.78, 5) is 0. The van der Waals surface area contributed by atoms with E-state index in [1.807, 2.05) is 0 Å². The molecule has 0 heterocycles. The predicted molar refractivity (Wildman–Crippen MR) is 109 cm³/mol. The van der Waals surface area contributed by atoms with Crippen molar-refractivity contribution in [1.82, 2.24) is 0 Å². The third-order valence-electron chi connectivity index (χ3n) is 4.23. The number of benzene rings is 2. The van der Waals surface area contributed by atoms with Gasteiger partial charge in [-0.3, -0.25) is 0 Å². The molecular weight excluding hydrogens is 536 g/mol. The topological polar surface area (TPSA) is 0 Å². The fourth-order valence-electron chi connectivity index (χ4n) is 3.26. The van der Waals surface area contributed by atoms with Crippen LogP contribution in [0.5, 0.6) is 0 Å². The number of rotatable bonds is 5. The van der Waals surface area contributed by atoms with Crippen molar-refractivity contribution >= 4 is 63.7 Å². The molecule has 116 valence electrons. The lowest BCUT2D eigenvalue weighted by Gasteiger charge is -2.14. The van der Waals surface area contributed by atoms with E-state index >= 15 is 0 Å². The van der Waals surface area contributed by atoms with E-state index < -0.39 is 0 Å². The summed E-state index contributed by atoms with van der Waals surface area (Å²) in [5, 5.41) is 0. The molecule has 0 radical (unpaired) electrons. The quantitative estimate of drug-likeness (QED) is 0.261. The molecule has 1 aliphatic rings. The summed E-state index contributed by atoms with van der Waals surface area (Å²) < 4.78 is 2.78. The molecule has 0 amide bonds. The first kappa shape index (κ1) is 17.2. The number of alkyl halides is 2. The maximum Gasteiger partial charge on any atom is 0.0697 e. The molecule has 4 heteroatoms. The number of fused-ring (bicyclic) bond motifs is 3. The van der Waals surface area contributed by atoms with E-state index in [1.54, 1.807) is 0 Å². The van der Waals surface area contributed by atoms with Gasteiger partial charge in [-0.15, -0.1) is 0 Å². The van der Waals surface area contributed by atoms with E-state index in [1.165, 1.54) is 56.9 Å². The first-order valence-electron chi connectivity index (χ1n) is 7.43. The summed E-state index contributed by atoms with van der Waals surface area (Å²) in [6.45, 7) is 0. The fourth-order valence-corrected chi connectivity index (χ4v) is 4.67. The third kappa shape index (κ3) is 3.71. The zero-order chi connectivity index (χ0) is 15.7.